The Bertz CT molecular complexity index is 113. The smallest absolute Gasteiger partial charge is 0.0662 e. The minimum Gasteiger partial charge on any atom is -0.392 e. The first-order valence-corrected chi connectivity index (χ1v) is 4.39. The highest BCUT2D eigenvalue weighted by molar-refractivity contribution is 4.87. The van der Waals surface area contributed by atoms with Crippen LogP contribution in [0.5, 0.6) is 0 Å². The van der Waals surface area contributed by atoms with Crippen molar-refractivity contribution in [3.05, 3.63) is 0 Å². The average Bonchev–Trinajstić information content (AvgIpc) is 1.95. The molecule has 0 amide bonds. The van der Waals surface area contributed by atoms with Crippen LogP contribution in [0.25, 0.3) is 0 Å². The number of nitrogens with one attached hydrogen (secondary N) is 1. The monoisotopic (exact) mass is 158 g/mol. The van der Waals surface area contributed by atoms with Gasteiger partial charge in [0, 0.05) is 18.6 Å². The van der Waals surface area contributed by atoms with Crippen molar-refractivity contribution >= 4 is 0 Å². The van der Waals surface area contributed by atoms with Gasteiger partial charge in [0.25, 0.3) is 0 Å². The van der Waals surface area contributed by atoms with Crippen molar-refractivity contribution in [2.75, 3.05) is 6.54 Å². The van der Waals surface area contributed by atoms with Gasteiger partial charge in [0.1, 0.15) is 0 Å². The first-order chi connectivity index (χ1) is 5.22. The van der Waals surface area contributed by atoms with E-state index >= 15 is 0 Å². The van der Waals surface area contributed by atoms with Gasteiger partial charge in [0.15, 0.2) is 0 Å². The van der Waals surface area contributed by atoms with Crippen molar-refractivity contribution < 1.29 is 5.11 Å². The summed E-state index contributed by atoms with van der Waals surface area (Å²) >= 11 is 0. The van der Waals surface area contributed by atoms with Crippen molar-refractivity contribution in [2.24, 2.45) is 5.73 Å². The lowest BCUT2D eigenvalue weighted by Crippen LogP contribution is -2.50. The number of aliphatic hydroxyl groups excluding tert-OH is 1. The molecule has 0 aromatic rings. The highest BCUT2D eigenvalue weighted by atomic mass is 16.3. The zero-order valence-electron chi connectivity index (χ0n) is 7.09. The van der Waals surface area contributed by atoms with E-state index in [0.717, 1.165) is 19.3 Å². The molecule has 1 aliphatic rings. The molecular formula is C8H18N2O. The standard InChI is InChI=1S/C8H18N2O/c1-2-8(11)5-10-7-3-6(9)4-7/h6-8,10-11H,2-5,9H2,1H3. The van der Waals surface area contributed by atoms with E-state index in [0.29, 0.717) is 18.6 Å². The van der Waals surface area contributed by atoms with E-state index in [-0.39, 0.29) is 6.10 Å². The number of hydrogen-bond acceptors (Lipinski definition) is 3. The van der Waals surface area contributed by atoms with Crippen molar-refractivity contribution in [1.29, 1.82) is 0 Å². The Hall–Kier alpha value is -0.120. The molecule has 1 atom stereocenters. The fraction of sp³-hybridized carbons (Fsp3) is 1.00. The van der Waals surface area contributed by atoms with E-state index in [2.05, 4.69) is 5.32 Å². The highest BCUT2D eigenvalue weighted by Crippen LogP contribution is 2.16. The second-order valence-electron chi connectivity index (χ2n) is 3.40. The Balaban J connectivity index is 1.96. The molecule has 4 N–H and O–H groups in total. The summed E-state index contributed by atoms with van der Waals surface area (Å²) in [6, 6.07) is 0.956. The van der Waals surface area contributed by atoms with Gasteiger partial charge in [-0.15, -0.1) is 0 Å². The Morgan fingerprint density at radius 2 is 2.27 bits per heavy atom. The fourth-order valence-electron chi connectivity index (χ4n) is 1.28. The average molecular weight is 158 g/mol. The maximum Gasteiger partial charge on any atom is 0.0662 e. The third-order valence-electron chi connectivity index (χ3n) is 2.29. The largest absolute Gasteiger partial charge is 0.392 e. The van der Waals surface area contributed by atoms with Gasteiger partial charge >= 0.3 is 0 Å². The first kappa shape index (κ1) is 8.97. The van der Waals surface area contributed by atoms with Crippen LogP contribution in [-0.4, -0.2) is 29.8 Å². The Morgan fingerprint density at radius 3 is 2.73 bits per heavy atom. The van der Waals surface area contributed by atoms with Gasteiger partial charge in [-0.25, -0.2) is 0 Å². The van der Waals surface area contributed by atoms with Crippen LogP contribution in [-0.2, 0) is 0 Å². The summed E-state index contributed by atoms with van der Waals surface area (Å²) in [5.41, 5.74) is 5.61. The molecule has 0 aliphatic heterocycles. The Labute approximate surface area is 68.0 Å². The number of aliphatic hydroxyl groups is 1. The predicted molar refractivity (Wildman–Crippen MR) is 45.3 cm³/mol. The van der Waals surface area contributed by atoms with E-state index in [1.165, 1.54) is 0 Å². The van der Waals surface area contributed by atoms with Crippen LogP contribution >= 0.6 is 0 Å². The Morgan fingerprint density at radius 1 is 1.64 bits per heavy atom. The van der Waals surface area contributed by atoms with Gasteiger partial charge in [0.05, 0.1) is 6.10 Å². The van der Waals surface area contributed by atoms with Crippen LogP contribution in [0.4, 0.5) is 0 Å². The van der Waals surface area contributed by atoms with Gasteiger partial charge in [-0.1, -0.05) is 6.92 Å². The molecule has 3 nitrogen and oxygen atoms in total. The summed E-state index contributed by atoms with van der Waals surface area (Å²) in [6.45, 7) is 2.70. The summed E-state index contributed by atoms with van der Waals surface area (Å²) in [7, 11) is 0. The summed E-state index contributed by atoms with van der Waals surface area (Å²) in [5.74, 6) is 0. The van der Waals surface area contributed by atoms with Crippen LogP contribution in [0.15, 0.2) is 0 Å². The zero-order chi connectivity index (χ0) is 8.27. The topological polar surface area (TPSA) is 58.3 Å². The van der Waals surface area contributed by atoms with Crippen molar-refractivity contribution in [3.8, 4) is 0 Å². The molecule has 66 valence electrons. The molecule has 0 aromatic carbocycles. The lowest BCUT2D eigenvalue weighted by atomic mass is 9.87. The second kappa shape index (κ2) is 4.04. The summed E-state index contributed by atoms with van der Waals surface area (Å²) in [6.07, 6.45) is 2.77. The molecule has 3 heteroatoms. The van der Waals surface area contributed by atoms with E-state index in [4.69, 9.17) is 5.73 Å². The first-order valence-electron chi connectivity index (χ1n) is 4.39. The summed E-state index contributed by atoms with van der Waals surface area (Å²) < 4.78 is 0. The minimum atomic E-state index is -0.188. The van der Waals surface area contributed by atoms with Gasteiger partial charge in [-0.05, 0) is 19.3 Å². The van der Waals surface area contributed by atoms with Crippen molar-refractivity contribution in [1.82, 2.24) is 5.32 Å². The molecule has 11 heavy (non-hydrogen) atoms. The lowest BCUT2D eigenvalue weighted by molar-refractivity contribution is 0.151. The van der Waals surface area contributed by atoms with Crippen molar-refractivity contribution in [3.63, 3.8) is 0 Å². The maximum atomic E-state index is 9.20. The zero-order valence-corrected chi connectivity index (χ0v) is 7.09. The van der Waals surface area contributed by atoms with Crippen molar-refractivity contribution in [2.45, 2.75) is 44.4 Å². The normalized spacial score (nSPS) is 33.0. The number of nitrogens with two attached hydrogens (primary N) is 1. The van der Waals surface area contributed by atoms with Crippen LogP contribution in [0.2, 0.25) is 0 Å². The quantitative estimate of drug-likeness (QED) is 0.532. The molecule has 1 rings (SSSR count). The van der Waals surface area contributed by atoms with Crippen LogP contribution in [0.1, 0.15) is 26.2 Å². The molecular weight excluding hydrogens is 140 g/mol. The van der Waals surface area contributed by atoms with Crippen LogP contribution < -0.4 is 11.1 Å². The van der Waals surface area contributed by atoms with Gasteiger partial charge in [-0.2, -0.15) is 0 Å². The van der Waals surface area contributed by atoms with Gasteiger partial charge in [0.2, 0.25) is 0 Å². The molecule has 0 saturated heterocycles. The number of hydrogen-bond donors (Lipinski definition) is 3. The maximum absolute atomic E-state index is 9.20. The van der Waals surface area contributed by atoms with Gasteiger partial charge < -0.3 is 16.2 Å². The molecule has 0 spiro atoms. The third kappa shape index (κ3) is 2.77. The fourth-order valence-corrected chi connectivity index (χ4v) is 1.28. The minimum absolute atomic E-state index is 0.188. The highest BCUT2D eigenvalue weighted by Gasteiger charge is 2.25. The second-order valence-corrected chi connectivity index (χ2v) is 3.40. The SMILES string of the molecule is CCC(O)CNC1CC(N)C1. The van der Waals surface area contributed by atoms with Crippen LogP contribution in [0, 0.1) is 0 Å². The Kier molecular flexibility index (Phi) is 3.30. The molecule has 1 aliphatic carbocycles. The lowest BCUT2D eigenvalue weighted by Gasteiger charge is -2.33. The molecule has 0 bridgehead atoms. The molecule has 0 heterocycles. The molecule has 0 aromatic heterocycles. The molecule has 0 radical (unpaired) electrons. The van der Waals surface area contributed by atoms with E-state index in [1.807, 2.05) is 6.92 Å². The predicted octanol–water partition coefficient (Wildman–Crippen LogP) is -0.163. The molecule has 1 fully saturated rings. The molecule has 1 unspecified atom stereocenters. The summed E-state index contributed by atoms with van der Waals surface area (Å²) in [4.78, 5) is 0. The van der Waals surface area contributed by atoms with E-state index in [1.54, 1.807) is 0 Å². The third-order valence-corrected chi connectivity index (χ3v) is 2.29. The molecule has 1 saturated carbocycles. The van der Waals surface area contributed by atoms with Gasteiger partial charge in [-0.3, -0.25) is 0 Å². The van der Waals surface area contributed by atoms with E-state index in [9.17, 15) is 5.11 Å². The summed E-state index contributed by atoms with van der Waals surface area (Å²) in [5, 5.41) is 12.5. The van der Waals surface area contributed by atoms with Crippen LogP contribution in [0.3, 0.4) is 0 Å². The van der Waals surface area contributed by atoms with E-state index < -0.39 is 0 Å². The number of rotatable bonds is 4.